The van der Waals surface area contributed by atoms with Crippen LogP contribution in [0.2, 0.25) is 10.0 Å². The number of halogens is 5. The van der Waals surface area contributed by atoms with Crippen molar-refractivity contribution in [1.29, 1.82) is 0 Å². The summed E-state index contributed by atoms with van der Waals surface area (Å²) in [4.78, 5) is 26.3. The average Bonchev–Trinajstić information content (AvgIpc) is 3.35. The number of nitrogens with zero attached hydrogens (tertiary/aromatic N) is 3. The van der Waals surface area contributed by atoms with Crippen molar-refractivity contribution in [3.8, 4) is 11.3 Å². The highest BCUT2D eigenvalue weighted by atomic mass is 35.5. The number of nitro groups is 1. The summed E-state index contributed by atoms with van der Waals surface area (Å²) in [5.74, 6) is 0.430. The number of piperazine rings is 1. The molecule has 1 N–H and O–H groups in total. The van der Waals surface area contributed by atoms with Crippen molar-refractivity contribution in [2.45, 2.75) is 6.18 Å². The minimum Gasteiger partial charge on any atom is -0.457 e. The Bertz CT molecular complexity index is 1430. The van der Waals surface area contributed by atoms with Crippen molar-refractivity contribution in [3.05, 3.63) is 86.1 Å². The summed E-state index contributed by atoms with van der Waals surface area (Å²) < 4.78 is 44.7. The van der Waals surface area contributed by atoms with Crippen molar-refractivity contribution in [2.75, 3.05) is 31.1 Å². The molecule has 0 spiro atoms. The van der Waals surface area contributed by atoms with Crippen LogP contribution in [0.5, 0.6) is 0 Å². The molecule has 39 heavy (non-hydrogen) atoms. The molecule has 0 saturated carbocycles. The number of carbonyl (C=O) groups excluding carboxylic acids is 1. The smallest absolute Gasteiger partial charge is 0.416 e. The van der Waals surface area contributed by atoms with Crippen LogP contribution in [-0.4, -0.2) is 47.0 Å². The molecule has 4 rings (SSSR count). The molecule has 1 amide bonds. The second-order valence-corrected chi connectivity index (χ2v) is 9.68. The van der Waals surface area contributed by atoms with Crippen molar-refractivity contribution >= 4 is 63.9 Å². The molecular weight excluding hydrogens is 580 g/mol. The van der Waals surface area contributed by atoms with Crippen molar-refractivity contribution in [1.82, 2.24) is 10.2 Å². The molecule has 0 radical (unpaired) electrons. The number of thiocarbonyl (C=S) groups is 1. The molecule has 1 aliphatic rings. The highest BCUT2D eigenvalue weighted by Crippen LogP contribution is 2.37. The first-order chi connectivity index (χ1) is 18.4. The molecule has 204 valence electrons. The standard InChI is InChI=1S/C25H19Cl2F3N4O4S/c26-17-11-15(12-18(27)14-17)22-5-2-19(38-22)3-6-23(35)31-24(39)33-9-7-32(8-10-33)20-4-1-16(25(28,29)30)13-21(20)34(36)37/h1-6,11-14H,7-10H2,(H,31,35,39). The van der Waals surface area contributed by atoms with Crippen LogP contribution >= 0.6 is 35.4 Å². The number of hydrogen-bond acceptors (Lipinski definition) is 6. The van der Waals surface area contributed by atoms with Crippen LogP contribution in [-0.2, 0) is 11.0 Å². The predicted octanol–water partition coefficient (Wildman–Crippen LogP) is 6.42. The molecule has 2 aromatic carbocycles. The van der Waals surface area contributed by atoms with E-state index < -0.39 is 28.3 Å². The topological polar surface area (TPSA) is 91.9 Å². The fourth-order valence-corrected chi connectivity index (χ4v) is 4.75. The Morgan fingerprint density at radius 1 is 1.05 bits per heavy atom. The maximum absolute atomic E-state index is 13.0. The van der Waals surface area contributed by atoms with E-state index in [2.05, 4.69) is 5.32 Å². The zero-order valence-electron chi connectivity index (χ0n) is 19.9. The summed E-state index contributed by atoms with van der Waals surface area (Å²) in [7, 11) is 0. The van der Waals surface area contributed by atoms with Gasteiger partial charge in [0.25, 0.3) is 5.69 Å². The summed E-state index contributed by atoms with van der Waals surface area (Å²) in [6.45, 7) is 1.09. The average molecular weight is 599 g/mol. The zero-order chi connectivity index (χ0) is 28.3. The Balaban J connectivity index is 1.33. The number of carbonyl (C=O) groups is 1. The number of amides is 1. The number of hydrogen-bond donors (Lipinski definition) is 1. The second kappa shape index (κ2) is 11.6. The Labute approximate surface area is 235 Å². The van der Waals surface area contributed by atoms with E-state index in [9.17, 15) is 28.1 Å². The van der Waals surface area contributed by atoms with E-state index in [0.717, 1.165) is 12.1 Å². The number of rotatable bonds is 5. The van der Waals surface area contributed by atoms with Gasteiger partial charge < -0.3 is 14.2 Å². The molecule has 0 bridgehead atoms. The molecule has 1 aromatic heterocycles. The lowest BCUT2D eigenvalue weighted by molar-refractivity contribution is -0.384. The molecule has 0 aliphatic carbocycles. The number of anilines is 1. The van der Waals surface area contributed by atoms with Gasteiger partial charge in [-0.1, -0.05) is 23.2 Å². The van der Waals surface area contributed by atoms with E-state index in [0.29, 0.717) is 46.3 Å². The monoisotopic (exact) mass is 598 g/mol. The summed E-state index contributed by atoms with van der Waals surface area (Å²) in [6.07, 6.45) is -1.97. The van der Waals surface area contributed by atoms with Gasteiger partial charge >= 0.3 is 6.18 Å². The lowest BCUT2D eigenvalue weighted by atomic mass is 10.1. The van der Waals surface area contributed by atoms with Crippen LogP contribution in [0.4, 0.5) is 24.5 Å². The van der Waals surface area contributed by atoms with Gasteiger partial charge in [-0.3, -0.25) is 20.2 Å². The molecule has 3 aromatic rings. The minimum atomic E-state index is -4.69. The molecular formula is C25H19Cl2F3N4O4S. The first-order valence-corrected chi connectivity index (χ1v) is 12.5. The van der Waals surface area contributed by atoms with E-state index >= 15 is 0 Å². The molecule has 14 heteroatoms. The van der Waals surface area contributed by atoms with Crippen LogP contribution < -0.4 is 10.2 Å². The largest absolute Gasteiger partial charge is 0.457 e. The van der Waals surface area contributed by atoms with Gasteiger partial charge in [0.05, 0.1) is 10.5 Å². The normalized spacial score (nSPS) is 14.1. The molecule has 8 nitrogen and oxygen atoms in total. The fourth-order valence-electron chi connectivity index (χ4n) is 3.94. The molecule has 1 aliphatic heterocycles. The Morgan fingerprint density at radius 3 is 2.33 bits per heavy atom. The quantitative estimate of drug-likeness (QED) is 0.157. The Morgan fingerprint density at radius 2 is 1.72 bits per heavy atom. The van der Waals surface area contributed by atoms with Crippen molar-refractivity contribution in [2.24, 2.45) is 0 Å². The highest BCUT2D eigenvalue weighted by molar-refractivity contribution is 7.80. The maximum Gasteiger partial charge on any atom is 0.416 e. The zero-order valence-corrected chi connectivity index (χ0v) is 22.2. The minimum absolute atomic E-state index is 0.0865. The summed E-state index contributed by atoms with van der Waals surface area (Å²) in [5.41, 5.74) is -0.950. The molecule has 1 saturated heterocycles. The first-order valence-electron chi connectivity index (χ1n) is 11.4. The SMILES string of the molecule is O=C(C=Cc1ccc(-c2cc(Cl)cc(Cl)c2)o1)NC(=S)N1CCN(c2ccc(C(F)(F)F)cc2[N+](=O)[O-])CC1. The molecule has 2 heterocycles. The van der Waals surface area contributed by atoms with Gasteiger partial charge in [-0.05, 0) is 60.8 Å². The fraction of sp³-hybridized carbons (Fsp3) is 0.200. The van der Waals surface area contributed by atoms with Gasteiger partial charge in [-0.25, -0.2) is 0 Å². The van der Waals surface area contributed by atoms with Crippen LogP contribution in [0, 0.1) is 10.1 Å². The Hall–Kier alpha value is -3.61. The van der Waals surface area contributed by atoms with Crippen molar-refractivity contribution < 1.29 is 27.3 Å². The lowest BCUT2D eigenvalue weighted by Crippen LogP contribution is -2.52. The van der Waals surface area contributed by atoms with Gasteiger partial charge in [-0.15, -0.1) is 0 Å². The summed E-state index contributed by atoms with van der Waals surface area (Å²) in [6, 6.07) is 10.8. The number of furan rings is 1. The van der Waals surface area contributed by atoms with Gasteiger partial charge in [0.15, 0.2) is 5.11 Å². The first kappa shape index (κ1) is 28.4. The highest BCUT2D eigenvalue weighted by Gasteiger charge is 2.34. The van der Waals surface area contributed by atoms with Gasteiger partial charge in [-0.2, -0.15) is 13.2 Å². The van der Waals surface area contributed by atoms with E-state index in [1.54, 1.807) is 40.1 Å². The van der Waals surface area contributed by atoms with E-state index in [4.69, 9.17) is 39.8 Å². The lowest BCUT2D eigenvalue weighted by Gasteiger charge is -2.36. The Kier molecular flexibility index (Phi) is 8.48. The molecule has 0 unspecified atom stereocenters. The van der Waals surface area contributed by atoms with Crippen LogP contribution in [0.25, 0.3) is 17.4 Å². The van der Waals surface area contributed by atoms with Gasteiger partial charge in [0.1, 0.15) is 17.2 Å². The summed E-state index contributed by atoms with van der Waals surface area (Å²) >= 11 is 17.4. The number of benzene rings is 2. The van der Waals surface area contributed by atoms with Gasteiger partial charge in [0.2, 0.25) is 5.91 Å². The third-order valence-electron chi connectivity index (χ3n) is 5.81. The molecule has 1 fully saturated rings. The number of nitro benzene ring substituents is 1. The van der Waals surface area contributed by atoms with Gasteiger partial charge in [0, 0.05) is 53.9 Å². The van der Waals surface area contributed by atoms with E-state index in [1.165, 1.54) is 12.2 Å². The van der Waals surface area contributed by atoms with Crippen molar-refractivity contribution in [3.63, 3.8) is 0 Å². The van der Waals surface area contributed by atoms with E-state index in [-0.39, 0.29) is 23.9 Å². The number of nitrogens with one attached hydrogen (secondary N) is 1. The van der Waals surface area contributed by atoms with Crippen LogP contribution in [0.3, 0.4) is 0 Å². The third kappa shape index (κ3) is 7.08. The van der Waals surface area contributed by atoms with Crippen LogP contribution in [0.1, 0.15) is 11.3 Å². The number of alkyl halides is 3. The predicted molar refractivity (Wildman–Crippen MR) is 146 cm³/mol. The molecule has 0 atom stereocenters. The van der Waals surface area contributed by atoms with E-state index in [1.807, 2.05) is 0 Å². The summed E-state index contributed by atoms with van der Waals surface area (Å²) in [5, 5.41) is 15.1. The second-order valence-electron chi connectivity index (χ2n) is 8.42. The maximum atomic E-state index is 13.0. The third-order valence-corrected chi connectivity index (χ3v) is 6.61. The van der Waals surface area contributed by atoms with Crippen LogP contribution in [0.15, 0.2) is 59.0 Å².